The van der Waals surface area contributed by atoms with Crippen molar-refractivity contribution in [3.8, 4) is 5.75 Å². The molecule has 1 unspecified atom stereocenters. The van der Waals surface area contributed by atoms with Crippen LogP contribution in [-0.2, 0) is 10.0 Å². The van der Waals surface area contributed by atoms with Gasteiger partial charge in [0.15, 0.2) is 0 Å². The second-order valence-corrected chi connectivity index (χ2v) is 10.5. The average Bonchev–Trinajstić information content (AvgIpc) is 3.42. The number of sulfonamides is 1. The van der Waals surface area contributed by atoms with Crippen molar-refractivity contribution in [1.29, 1.82) is 5.41 Å². The number of hydrogen-bond acceptors (Lipinski definition) is 6. The molecule has 1 atom stereocenters. The Labute approximate surface area is 220 Å². The summed E-state index contributed by atoms with van der Waals surface area (Å²) in [5.41, 5.74) is 2.67. The first-order chi connectivity index (χ1) is 18.4. The third kappa shape index (κ3) is 4.22. The van der Waals surface area contributed by atoms with Crippen molar-refractivity contribution in [2.45, 2.75) is 11.1 Å². The molecule has 3 N–H and O–H groups in total. The molecule has 2 heterocycles. The number of rotatable bonds is 6. The van der Waals surface area contributed by atoms with Crippen molar-refractivity contribution in [1.82, 2.24) is 0 Å². The highest BCUT2D eigenvalue weighted by Crippen LogP contribution is 2.38. The van der Waals surface area contributed by atoms with E-state index in [1.54, 1.807) is 61.9 Å². The largest absolute Gasteiger partial charge is 0.497 e. The summed E-state index contributed by atoms with van der Waals surface area (Å²) in [6.07, 6.45) is 1.12. The first-order valence-electron chi connectivity index (χ1n) is 11.9. The molecule has 1 aliphatic heterocycles. The molecule has 190 valence electrons. The molecule has 0 spiro atoms. The van der Waals surface area contributed by atoms with E-state index < -0.39 is 16.2 Å². The smallest absolute Gasteiger partial charge is 0.261 e. The molecule has 5 aromatic rings. The first kappa shape index (κ1) is 23.6. The predicted molar refractivity (Wildman–Crippen MR) is 149 cm³/mol. The number of fused-ring (bicyclic) bond motifs is 2. The fourth-order valence-corrected chi connectivity index (χ4v) is 5.68. The number of hydrogen-bond donors (Lipinski definition) is 3. The maximum Gasteiger partial charge on any atom is 0.261 e. The third-order valence-corrected chi connectivity index (χ3v) is 7.93. The Morgan fingerprint density at radius 2 is 1.66 bits per heavy atom. The van der Waals surface area contributed by atoms with E-state index in [9.17, 15) is 8.42 Å². The van der Waals surface area contributed by atoms with Crippen LogP contribution in [0.3, 0.4) is 0 Å². The Hall–Kier alpha value is -4.76. The monoisotopic (exact) mass is 524 g/mol. The molecule has 8 nitrogen and oxygen atoms in total. The van der Waals surface area contributed by atoms with Crippen molar-refractivity contribution in [2.24, 2.45) is 0 Å². The average molecular weight is 525 g/mol. The number of nitrogens with one attached hydrogen (secondary N) is 3. The SMILES string of the molecule is COc1ccc(C2Nc3occc3C(=N)N2c2ccc(NS(=O)(=O)c3ccc4ccccc4c3)cc2)cc1. The molecule has 0 amide bonds. The molecule has 0 radical (unpaired) electrons. The Morgan fingerprint density at radius 1 is 0.921 bits per heavy atom. The summed E-state index contributed by atoms with van der Waals surface area (Å²) >= 11 is 0. The van der Waals surface area contributed by atoms with Crippen molar-refractivity contribution in [3.05, 3.63) is 114 Å². The van der Waals surface area contributed by atoms with E-state index in [0.29, 0.717) is 22.8 Å². The molecule has 0 saturated heterocycles. The van der Waals surface area contributed by atoms with Gasteiger partial charge in [-0.15, -0.1) is 0 Å². The van der Waals surface area contributed by atoms with E-state index in [2.05, 4.69) is 10.0 Å². The highest BCUT2D eigenvalue weighted by molar-refractivity contribution is 7.92. The van der Waals surface area contributed by atoms with Gasteiger partial charge in [0, 0.05) is 11.4 Å². The van der Waals surface area contributed by atoms with E-state index >= 15 is 0 Å². The number of ether oxygens (including phenoxy) is 1. The fourth-order valence-electron chi connectivity index (χ4n) is 4.59. The lowest BCUT2D eigenvalue weighted by Crippen LogP contribution is -2.42. The summed E-state index contributed by atoms with van der Waals surface area (Å²) in [7, 11) is -2.18. The van der Waals surface area contributed by atoms with Crippen LogP contribution in [0.5, 0.6) is 5.75 Å². The zero-order valence-corrected chi connectivity index (χ0v) is 21.2. The molecule has 1 aromatic heterocycles. The van der Waals surface area contributed by atoms with Gasteiger partial charge in [-0.25, -0.2) is 8.42 Å². The van der Waals surface area contributed by atoms with Gasteiger partial charge in [-0.05, 0) is 70.9 Å². The van der Waals surface area contributed by atoms with E-state index in [4.69, 9.17) is 14.6 Å². The zero-order chi connectivity index (χ0) is 26.3. The van der Waals surface area contributed by atoms with E-state index in [0.717, 1.165) is 22.1 Å². The molecular weight excluding hydrogens is 500 g/mol. The van der Waals surface area contributed by atoms with Crippen LogP contribution in [0.4, 0.5) is 17.3 Å². The summed E-state index contributed by atoms with van der Waals surface area (Å²) < 4.78 is 39.7. The van der Waals surface area contributed by atoms with Crippen molar-refractivity contribution in [3.63, 3.8) is 0 Å². The van der Waals surface area contributed by atoms with Crippen molar-refractivity contribution >= 4 is 43.9 Å². The van der Waals surface area contributed by atoms with Gasteiger partial charge in [0.25, 0.3) is 10.0 Å². The molecular formula is C29H24N4O4S. The second-order valence-electron chi connectivity index (χ2n) is 8.86. The molecule has 0 bridgehead atoms. The van der Waals surface area contributed by atoms with Crippen LogP contribution in [0.1, 0.15) is 17.3 Å². The number of furan rings is 1. The topological polar surface area (TPSA) is 108 Å². The quantitative estimate of drug-likeness (QED) is 0.244. The van der Waals surface area contributed by atoms with Crippen molar-refractivity contribution < 1.29 is 17.6 Å². The van der Waals surface area contributed by atoms with Gasteiger partial charge in [-0.2, -0.15) is 0 Å². The molecule has 38 heavy (non-hydrogen) atoms. The maximum atomic E-state index is 13.1. The normalized spacial score (nSPS) is 15.1. The van der Waals surface area contributed by atoms with Gasteiger partial charge >= 0.3 is 0 Å². The van der Waals surface area contributed by atoms with Crippen molar-refractivity contribution in [2.75, 3.05) is 22.0 Å². The van der Waals surface area contributed by atoms with Gasteiger partial charge in [-0.1, -0.05) is 42.5 Å². The summed E-state index contributed by atoms with van der Waals surface area (Å²) in [4.78, 5) is 2.02. The zero-order valence-electron chi connectivity index (χ0n) is 20.4. The molecule has 4 aromatic carbocycles. The lowest BCUT2D eigenvalue weighted by molar-refractivity contribution is 0.414. The van der Waals surface area contributed by atoms with Crippen LogP contribution >= 0.6 is 0 Å². The minimum Gasteiger partial charge on any atom is -0.497 e. The fraction of sp³-hybridized carbons (Fsp3) is 0.0690. The van der Waals surface area contributed by atoms with Gasteiger partial charge in [0.1, 0.15) is 17.8 Å². The number of anilines is 3. The lowest BCUT2D eigenvalue weighted by atomic mass is 10.1. The lowest BCUT2D eigenvalue weighted by Gasteiger charge is -2.38. The predicted octanol–water partition coefficient (Wildman–Crippen LogP) is 6.20. The third-order valence-electron chi connectivity index (χ3n) is 6.55. The molecule has 0 aliphatic carbocycles. The van der Waals surface area contributed by atoms with Gasteiger partial charge in [0.05, 0.1) is 23.8 Å². The van der Waals surface area contributed by atoms with Gasteiger partial charge in [-0.3, -0.25) is 10.1 Å². The number of nitrogens with zero attached hydrogens (tertiary/aromatic N) is 1. The summed E-state index contributed by atoms with van der Waals surface area (Å²) in [5, 5.41) is 14.1. The molecule has 1 aliphatic rings. The minimum absolute atomic E-state index is 0.189. The number of benzene rings is 4. The van der Waals surface area contributed by atoms with Crippen LogP contribution in [0.2, 0.25) is 0 Å². The Morgan fingerprint density at radius 3 is 2.39 bits per heavy atom. The molecule has 0 saturated carbocycles. The van der Waals surface area contributed by atoms with Crippen LogP contribution in [0.25, 0.3) is 10.8 Å². The summed E-state index contributed by atoms with van der Waals surface area (Å²) in [5.74, 6) is 1.51. The van der Waals surface area contributed by atoms with Gasteiger partial charge in [0.2, 0.25) is 5.88 Å². The first-order valence-corrected chi connectivity index (χ1v) is 13.4. The number of amidine groups is 1. The summed E-state index contributed by atoms with van der Waals surface area (Å²) in [6.45, 7) is 0. The van der Waals surface area contributed by atoms with E-state index in [1.807, 2.05) is 53.4 Å². The molecule has 6 rings (SSSR count). The standard InChI is InChI=1S/C29H24N4O4S/c1-36-24-13-6-20(7-14-24)28-31-29-26(16-17-37-29)27(30)33(28)23-11-9-22(10-12-23)32-38(34,35)25-15-8-19-4-2-3-5-21(19)18-25/h2-18,28,30-32H,1H3. The Bertz CT molecular complexity index is 1750. The highest BCUT2D eigenvalue weighted by atomic mass is 32.2. The van der Waals surface area contributed by atoms with E-state index in [1.165, 1.54) is 0 Å². The highest BCUT2D eigenvalue weighted by Gasteiger charge is 2.33. The van der Waals surface area contributed by atoms with Crippen LogP contribution in [0.15, 0.2) is 113 Å². The van der Waals surface area contributed by atoms with Gasteiger partial charge < -0.3 is 19.4 Å². The molecule has 9 heteroatoms. The number of methoxy groups -OCH3 is 1. The Kier molecular flexibility index (Phi) is 5.77. The maximum absolute atomic E-state index is 13.1. The van der Waals surface area contributed by atoms with Crippen LogP contribution < -0.4 is 19.7 Å². The molecule has 0 fully saturated rings. The minimum atomic E-state index is -3.79. The second kappa shape index (κ2) is 9.28. The van der Waals surface area contributed by atoms with E-state index in [-0.39, 0.29) is 10.7 Å². The summed E-state index contributed by atoms with van der Waals surface area (Å²) in [6, 6.07) is 29.0. The Balaban J connectivity index is 1.30. The van der Waals surface area contributed by atoms with Crippen LogP contribution in [-0.4, -0.2) is 21.4 Å². The van der Waals surface area contributed by atoms with Crippen LogP contribution in [0, 0.1) is 5.41 Å².